The Kier molecular flexibility index (Phi) is 3.78. The minimum absolute atomic E-state index is 0.232. The Morgan fingerprint density at radius 3 is 2.80 bits per heavy atom. The summed E-state index contributed by atoms with van der Waals surface area (Å²) in [4.78, 5) is 3.59. The van der Waals surface area contributed by atoms with Crippen LogP contribution in [0.25, 0.3) is 0 Å². The van der Waals surface area contributed by atoms with Gasteiger partial charge in [0.15, 0.2) is 0 Å². The minimum Gasteiger partial charge on any atom is -0.387 e. The van der Waals surface area contributed by atoms with E-state index in [1.54, 1.807) is 11.3 Å². The number of hydrogen-bond acceptors (Lipinski definition) is 3. The van der Waals surface area contributed by atoms with E-state index in [0.717, 1.165) is 37.4 Å². The summed E-state index contributed by atoms with van der Waals surface area (Å²) in [5, 5.41) is 12.2. The van der Waals surface area contributed by atoms with E-state index in [9.17, 15) is 5.11 Å². The van der Waals surface area contributed by atoms with Crippen LogP contribution < -0.4 is 0 Å². The zero-order chi connectivity index (χ0) is 10.7. The lowest BCUT2D eigenvalue weighted by molar-refractivity contribution is 0.0628. The molecule has 1 aliphatic heterocycles. The van der Waals surface area contributed by atoms with Crippen molar-refractivity contribution in [2.24, 2.45) is 5.92 Å². The van der Waals surface area contributed by atoms with Gasteiger partial charge in [0.1, 0.15) is 0 Å². The van der Waals surface area contributed by atoms with Gasteiger partial charge in [0.05, 0.1) is 6.10 Å². The maximum absolute atomic E-state index is 10.2. The molecule has 3 heteroatoms. The molecule has 0 aromatic carbocycles. The number of nitrogens with zero attached hydrogens (tertiary/aromatic N) is 1. The highest BCUT2D eigenvalue weighted by atomic mass is 32.1. The summed E-state index contributed by atoms with van der Waals surface area (Å²) >= 11 is 1.67. The molecule has 0 amide bonds. The van der Waals surface area contributed by atoms with Gasteiger partial charge in [-0.15, -0.1) is 11.3 Å². The fourth-order valence-electron chi connectivity index (χ4n) is 2.28. The Morgan fingerprint density at radius 1 is 1.53 bits per heavy atom. The van der Waals surface area contributed by atoms with Crippen molar-refractivity contribution in [2.75, 3.05) is 19.6 Å². The fraction of sp³-hybridized carbons (Fsp3) is 0.667. The normalized spacial score (nSPS) is 21.7. The Balaban J connectivity index is 1.90. The molecule has 2 rings (SSSR count). The molecular weight excluding hydrogens is 206 g/mol. The van der Waals surface area contributed by atoms with Crippen LogP contribution in [0.1, 0.15) is 30.7 Å². The van der Waals surface area contributed by atoms with Crippen LogP contribution in [0.3, 0.4) is 0 Å². The van der Waals surface area contributed by atoms with Crippen LogP contribution in [-0.2, 0) is 0 Å². The number of thiophene rings is 1. The first-order valence-electron chi connectivity index (χ1n) is 5.75. The van der Waals surface area contributed by atoms with Crippen LogP contribution in [0.4, 0.5) is 0 Å². The number of piperidine rings is 1. The standard InChI is InChI=1S/C12H19NOS/c1-2-13-7-5-10(6-8-13)12(14)11-4-3-9-15-11/h3-4,9-10,12,14H,2,5-8H2,1H3. The summed E-state index contributed by atoms with van der Waals surface area (Å²) in [6.07, 6.45) is 2.03. The molecule has 1 aromatic heterocycles. The van der Waals surface area contributed by atoms with Crippen molar-refractivity contribution < 1.29 is 5.11 Å². The Hall–Kier alpha value is -0.380. The Morgan fingerprint density at radius 2 is 2.27 bits per heavy atom. The largest absolute Gasteiger partial charge is 0.387 e. The molecule has 84 valence electrons. The van der Waals surface area contributed by atoms with E-state index in [4.69, 9.17) is 0 Å². The second-order valence-corrected chi connectivity index (χ2v) is 5.21. The zero-order valence-electron chi connectivity index (χ0n) is 9.22. The van der Waals surface area contributed by atoms with E-state index >= 15 is 0 Å². The molecule has 1 N–H and O–H groups in total. The van der Waals surface area contributed by atoms with Crippen LogP contribution in [0, 0.1) is 5.92 Å². The highest BCUT2D eigenvalue weighted by Gasteiger charge is 2.25. The smallest absolute Gasteiger partial charge is 0.0910 e. The van der Waals surface area contributed by atoms with Gasteiger partial charge in [0.2, 0.25) is 0 Å². The number of aliphatic hydroxyl groups is 1. The lowest BCUT2D eigenvalue weighted by Gasteiger charge is -2.33. The summed E-state index contributed by atoms with van der Waals surface area (Å²) in [7, 11) is 0. The van der Waals surface area contributed by atoms with Crippen LogP contribution in [0.15, 0.2) is 17.5 Å². The molecule has 1 saturated heterocycles. The van der Waals surface area contributed by atoms with Crippen molar-refractivity contribution in [3.05, 3.63) is 22.4 Å². The van der Waals surface area contributed by atoms with Crippen LogP contribution in [-0.4, -0.2) is 29.6 Å². The fourth-order valence-corrected chi connectivity index (χ4v) is 3.08. The first-order valence-corrected chi connectivity index (χ1v) is 6.63. The second-order valence-electron chi connectivity index (χ2n) is 4.23. The molecule has 0 saturated carbocycles. The van der Waals surface area contributed by atoms with Crippen molar-refractivity contribution in [1.29, 1.82) is 0 Å². The molecule has 2 nitrogen and oxygen atoms in total. The van der Waals surface area contributed by atoms with Gasteiger partial charge < -0.3 is 10.0 Å². The molecule has 1 atom stereocenters. The van der Waals surface area contributed by atoms with Crippen molar-refractivity contribution in [3.63, 3.8) is 0 Å². The molecule has 1 fully saturated rings. The van der Waals surface area contributed by atoms with Gasteiger partial charge in [-0.3, -0.25) is 0 Å². The predicted octanol–water partition coefficient (Wildman–Crippen LogP) is 2.51. The van der Waals surface area contributed by atoms with Gasteiger partial charge in [0.25, 0.3) is 0 Å². The predicted molar refractivity (Wildman–Crippen MR) is 64.1 cm³/mol. The number of likely N-dealkylation sites (tertiary alicyclic amines) is 1. The maximum Gasteiger partial charge on any atom is 0.0910 e. The van der Waals surface area contributed by atoms with Crippen LogP contribution in [0.5, 0.6) is 0 Å². The molecule has 0 bridgehead atoms. The lowest BCUT2D eigenvalue weighted by Crippen LogP contribution is -2.35. The first kappa shape index (κ1) is 11.1. The van der Waals surface area contributed by atoms with E-state index in [0.29, 0.717) is 5.92 Å². The summed E-state index contributed by atoms with van der Waals surface area (Å²) in [5.41, 5.74) is 0. The third kappa shape index (κ3) is 2.60. The third-order valence-electron chi connectivity index (χ3n) is 3.36. The molecule has 1 unspecified atom stereocenters. The van der Waals surface area contributed by atoms with Crippen molar-refractivity contribution in [2.45, 2.75) is 25.9 Å². The van der Waals surface area contributed by atoms with E-state index in [-0.39, 0.29) is 6.10 Å². The lowest BCUT2D eigenvalue weighted by atomic mass is 9.90. The summed E-state index contributed by atoms with van der Waals surface area (Å²) in [6.45, 7) is 5.63. The van der Waals surface area contributed by atoms with Gasteiger partial charge in [-0.1, -0.05) is 13.0 Å². The van der Waals surface area contributed by atoms with E-state index in [1.807, 2.05) is 17.5 Å². The Labute approximate surface area is 95.5 Å². The monoisotopic (exact) mass is 225 g/mol. The van der Waals surface area contributed by atoms with Gasteiger partial charge in [-0.2, -0.15) is 0 Å². The number of rotatable bonds is 3. The average Bonchev–Trinajstić information content (AvgIpc) is 2.82. The van der Waals surface area contributed by atoms with E-state index < -0.39 is 0 Å². The highest BCUT2D eigenvalue weighted by Crippen LogP contribution is 2.32. The third-order valence-corrected chi connectivity index (χ3v) is 4.30. The topological polar surface area (TPSA) is 23.5 Å². The molecule has 15 heavy (non-hydrogen) atoms. The van der Waals surface area contributed by atoms with Crippen LogP contribution in [0.2, 0.25) is 0 Å². The second kappa shape index (κ2) is 5.10. The van der Waals surface area contributed by atoms with Gasteiger partial charge >= 0.3 is 0 Å². The molecule has 1 aliphatic rings. The average molecular weight is 225 g/mol. The summed E-state index contributed by atoms with van der Waals surface area (Å²) in [5.74, 6) is 0.464. The maximum atomic E-state index is 10.2. The van der Waals surface area contributed by atoms with E-state index in [2.05, 4.69) is 11.8 Å². The SMILES string of the molecule is CCN1CCC(C(O)c2cccs2)CC1. The summed E-state index contributed by atoms with van der Waals surface area (Å²) < 4.78 is 0. The summed E-state index contributed by atoms with van der Waals surface area (Å²) in [6, 6.07) is 4.06. The number of hydrogen-bond donors (Lipinski definition) is 1. The van der Waals surface area contributed by atoms with Crippen molar-refractivity contribution in [1.82, 2.24) is 4.90 Å². The molecular formula is C12H19NOS. The zero-order valence-corrected chi connectivity index (χ0v) is 10.0. The minimum atomic E-state index is -0.232. The highest BCUT2D eigenvalue weighted by molar-refractivity contribution is 7.10. The molecule has 0 radical (unpaired) electrons. The molecule has 0 aliphatic carbocycles. The van der Waals surface area contributed by atoms with Gasteiger partial charge in [-0.25, -0.2) is 0 Å². The Bertz CT molecular complexity index is 278. The van der Waals surface area contributed by atoms with Crippen molar-refractivity contribution in [3.8, 4) is 0 Å². The number of aliphatic hydroxyl groups excluding tert-OH is 1. The first-order chi connectivity index (χ1) is 7.31. The quantitative estimate of drug-likeness (QED) is 0.854. The van der Waals surface area contributed by atoms with Gasteiger partial charge in [0, 0.05) is 4.88 Å². The van der Waals surface area contributed by atoms with Crippen LogP contribution >= 0.6 is 11.3 Å². The molecule has 2 heterocycles. The molecule has 0 spiro atoms. The van der Waals surface area contributed by atoms with Gasteiger partial charge in [-0.05, 0) is 49.8 Å². The van der Waals surface area contributed by atoms with E-state index in [1.165, 1.54) is 0 Å². The van der Waals surface area contributed by atoms with Crippen molar-refractivity contribution >= 4 is 11.3 Å². The molecule has 1 aromatic rings.